The summed E-state index contributed by atoms with van der Waals surface area (Å²) in [7, 11) is 0. The van der Waals surface area contributed by atoms with Gasteiger partial charge in [0.25, 0.3) is 5.91 Å². The molecule has 0 aliphatic rings. The highest BCUT2D eigenvalue weighted by Gasteiger charge is 2.14. The van der Waals surface area contributed by atoms with Crippen molar-refractivity contribution in [3.05, 3.63) is 23.8 Å². The topological polar surface area (TPSA) is 162 Å². The number of aliphatic carboxylic acids is 1. The molecule has 0 fully saturated rings. The average Bonchev–Trinajstić information content (AvgIpc) is 2.38. The monoisotopic (exact) mass is 284 g/mol. The Bertz CT molecular complexity index is 506. The first-order chi connectivity index (χ1) is 9.32. The number of carboxylic acids is 1. The number of nitrogen functional groups attached to an aromatic ring is 1. The third-order valence-electron chi connectivity index (χ3n) is 2.53. The molecule has 9 heteroatoms. The number of hydrazine groups is 1. The second kappa shape index (κ2) is 6.70. The summed E-state index contributed by atoms with van der Waals surface area (Å²) in [5, 5.41) is 29.3. The van der Waals surface area contributed by atoms with Gasteiger partial charge in [-0.05, 0) is 18.2 Å². The fourth-order valence-electron chi connectivity index (χ4n) is 1.43. The van der Waals surface area contributed by atoms with E-state index in [1.165, 1.54) is 18.2 Å². The van der Waals surface area contributed by atoms with Gasteiger partial charge in [-0.2, -0.15) is 5.17 Å². The molecule has 0 aromatic heterocycles. The first-order valence-electron chi connectivity index (χ1n) is 5.65. The van der Waals surface area contributed by atoms with Crippen LogP contribution in [0.5, 0.6) is 0 Å². The summed E-state index contributed by atoms with van der Waals surface area (Å²) >= 11 is 0. The van der Waals surface area contributed by atoms with E-state index in [4.69, 9.17) is 27.0 Å². The van der Waals surface area contributed by atoms with Crippen LogP contribution in [0.2, 0.25) is 0 Å². The summed E-state index contributed by atoms with van der Waals surface area (Å²) < 4.78 is 0. The van der Waals surface area contributed by atoms with Gasteiger partial charge in [0.2, 0.25) is 0 Å². The van der Waals surface area contributed by atoms with Crippen LogP contribution in [-0.2, 0) is 4.79 Å². The standard InChI is InChI=1S/C11H16N4O5/c12-7-2-1-6(5-8(7)15(13)20)10(17)14-4-3-9(16)11(18)19/h1-2,5,9,16,20H,3-4,12-13H2,(H,14,17)(H,18,19). The van der Waals surface area contributed by atoms with Crippen molar-refractivity contribution in [1.82, 2.24) is 5.32 Å². The fourth-order valence-corrected chi connectivity index (χ4v) is 1.43. The Hall–Kier alpha value is -2.36. The third-order valence-corrected chi connectivity index (χ3v) is 2.53. The number of hydrogen-bond donors (Lipinski definition) is 6. The molecule has 0 aliphatic heterocycles. The molecule has 1 unspecified atom stereocenters. The number of nitrogens with one attached hydrogen (secondary N) is 1. The van der Waals surface area contributed by atoms with Crippen molar-refractivity contribution in [3.63, 3.8) is 0 Å². The maximum atomic E-state index is 11.8. The lowest BCUT2D eigenvalue weighted by molar-refractivity contribution is -0.146. The number of nitrogens with two attached hydrogens (primary N) is 2. The molecule has 0 radical (unpaired) electrons. The molecule has 0 saturated heterocycles. The number of amides is 1. The Balaban J connectivity index is 2.64. The molecule has 1 aromatic carbocycles. The predicted molar refractivity (Wildman–Crippen MR) is 69.9 cm³/mol. The third kappa shape index (κ3) is 4.09. The maximum absolute atomic E-state index is 11.8. The number of carbonyl (C=O) groups excluding carboxylic acids is 1. The number of aliphatic hydroxyl groups excluding tert-OH is 1. The molecule has 0 saturated carbocycles. The van der Waals surface area contributed by atoms with Crippen molar-refractivity contribution in [2.45, 2.75) is 12.5 Å². The van der Waals surface area contributed by atoms with E-state index in [0.29, 0.717) is 5.17 Å². The molecule has 9 nitrogen and oxygen atoms in total. The summed E-state index contributed by atoms with van der Waals surface area (Å²) in [6, 6.07) is 4.09. The summed E-state index contributed by atoms with van der Waals surface area (Å²) in [5.41, 5.74) is 5.98. The number of carboxylic acid groups (broad SMARTS) is 1. The second-order valence-corrected chi connectivity index (χ2v) is 4.02. The number of hydrogen-bond acceptors (Lipinski definition) is 7. The van der Waals surface area contributed by atoms with E-state index in [9.17, 15) is 9.59 Å². The van der Waals surface area contributed by atoms with E-state index in [2.05, 4.69) is 5.32 Å². The predicted octanol–water partition coefficient (Wildman–Crippen LogP) is -1.10. The van der Waals surface area contributed by atoms with Gasteiger partial charge in [0.15, 0.2) is 6.10 Å². The fraction of sp³-hybridized carbons (Fsp3) is 0.273. The highest BCUT2D eigenvalue weighted by Crippen LogP contribution is 2.21. The zero-order valence-electron chi connectivity index (χ0n) is 10.5. The molecule has 1 rings (SSSR count). The number of benzene rings is 1. The molecular formula is C11H16N4O5. The van der Waals surface area contributed by atoms with Gasteiger partial charge in [0.05, 0.1) is 5.69 Å². The second-order valence-electron chi connectivity index (χ2n) is 4.02. The van der Waals surface area contributed by atoms with Crippen LogP contribution in [0.4, 0.5) is 11.4 Å². The van der Waals surface area contributed by atoms with Gasteiger partial charge in [-0.15, -0.1) is 0 Å². The molecule has 0 heterocycles. The van der Waals surface area contributed by atoms with Crippen molar-refractivity contribution in [3.8, 4) is 0 Å². The zero-order valence-corrected chi connectivity index (χ0v) is 10.5. The van der Waals surface area contributed by atoms with E-state index >= 15 is 0 Å². The van der Waals surface area contributed by atoms with Crippen LogP contribution < -0.4 is 22.1 Å². The van der Waals surface area contributed by atoms with E-state index in [0.717, 1.165) is 0 Å². The highest BCUT2D eigenvalue weighted by atomic mass is 16.5. The number of nitrogens with zero attached hydrogens (tertiary/aromatic N) is 1. The first kappa shape index (κ1) is 15.7. The average molecular weight is 284 g/mol. The van der Waals surface area contributed by atoms with Gasteiger partial charge in [-0.1, -0.05) is 0 Å². The van der Waals surface area contributed by atoms with Gasteiger partial charge < -0.3 is 21.3 Å². The van der Waals surface area contributed by atoms with Gasteiger partial charge in [-0.25, -0.2) is 10.6 Å². The summed E-state index contributed by atoms with van der Waals surface area (Å²) in [4.78, 5) is 22.1. The molecule has 0 aliphatic carbocycles. The first-order valence-corrected chi connectivity index (χ1v) is 5.65. The van der Waals surface area contributed by atoms with E-state index in [-0.39, 0.29) is 29.9 Å². The van der Waals surface area contributed by atoms with Crippen LogP contribution in [0.15, 0.2) is 18.2 Å². The quantitative estimate of drug-likeness (QED) is 0.218. The molecule has 20 heavy (non-hydrogen) atoms. The van der Waals surface area contributed by atoms with Crippen LogP contribution in [0.25, 0.3) is 0 Å². The lowest BCUT2D eigenvalue weighted by Gasteiger charge is -2.14. The Morgan fingerprint density at radius 1 is 1.40 bits per heavy atom. The van der Waals surface area contributed by atoms with Crippen LogP contribution in [-0.4, -0.2) is 39.9 Å². The van der Waals surface area contributed by atoms with Gasteiger partial charge in [-0.3, -0.25) is 10.0 Å². The summed E-state index contributed by atoms with van der Waals surface area (Å²) in [6.07, 6.45) is -1.65. The zero-order chi connectivity index (χ0) is 15.3. The van der Waals surface area contributed by atoms with Gasteiger partial charge >= 0.3 is 5.97 Å². The number of carbonyl (C=O) groups is 2. The lowest BCUT2D eigenvalue weighted by Crippen LogP contribution is -2.31. The minimum Gasteiger partial charge on any atom is -0.479 e. The molecule has 110 valence electrons. The molecule has 1 amide bonds. The van der Waals surface area contributed by atoms with Crippen molar-refractivity contribution in [2.24, 2.45) is 5.84 Å². The van der Waals surface area contributed by atoms with Crippen molar-refractivity contribution < 1.29 is 25.0 Å². The highest BCUT2D eigenvalue weighted by molar-refractivity contribution is 5.96. The van der Waals surface area contributed by atoms with Crippen molar-refractivity contribution in [2.75, 3.05) is 17.5 Å². The minimum absolute atomic E-state index is 0.0164. The smallest absolute Gasteiger partial charge is 0.332 e. The lowest BCUT2D eigenvalue weighted by atomic mass is 10.1. The molecular weight excluding hydrogens is 268 g/mol. The Morgan fingerprint density at radius 2 is 2.05 bits per heavy atom. The van der Waals surface area contributed by atoms with Crippen LogP contribution >= 0.6 is 0 Å². The Labute approximate surface area is 114 Å². The van der Waals surface area contributed by atoms with Gasteiger partial charge in [0, 0.05) is 18.5 Å². The van der Waals surface area contributed by atoms with Gasteiger partial charge in [0.1, 0.15) is 5.69 Å². The molecule has 1 atom stereocenters. The SMILES string of the molecule is Nc1ccc(C(=O)NCCC(O)C(=O)O)cc1N(N)O. The van der Waals surface area contributed by atoms with E-state index < -0.39 is 18.0 Å². The Kier molecular flexibility index (Phi) is 5.26. The van der Waals surface area contributed by atoms with E-state index in [1.54, 1.807) is 0 Å². The maximum Gasteiger partial charge on any atom is 0.332 e. The van der Waals surface area contributed by atoms with Crippen molar-refractivity contribution in [1.29, 1.82) is 0 Å². The summed E-state index contributed by atoms with van der Waals surface area (Å²) in [6.45, 7) is -0.0164. The van der Waals surface area contributed by atoms with Crippen molar-refractivity contribution >= 4 is 23.3 Å². The number of rotatable bonds is 6. The van der Waals surface area contributed by atoms with Crippen LogP contribution in [0.1, 0.15) is 16.8 Å². The molecule has 1 aromatic rings. The normalized spacial score (nSPS) is 11.8. The molecule has 0 bridgehead atoms. The largest absolute Gasteiger partial charge is 0.479 e. The summed E-state index contributed by atoms with van der Waals surface area (Å²) in [5.74, 6) is 3.27. The molecule has 8 N–H and O–H groups in total. The Morgan fingerprint density at radius 3 is 2.60 bits per heavy atom. The van der Waals surface area contributed by atoms with E-state index in [1.807, 2.05) is 0 Å². The van der Waals surface area contributed by atoms with Crippen LogP contribution in [0, 0.1) is 0 Å². The number of aliphatic hydroxyl groups is 1. The van der Waals surface area contributed by atoms with Crippen LogP contribution in [0.3, 0.4) is 0 Å². The minimum atomic E-state index is -1.53. The number of anilines is 2. The molecule has 0 spiro atoms.